The molecule has 3 amide bonds. The van der Waals surface area contributed by atoms with Crippen molar-refractivity contribution in [1.82, 2.24) is 15.5 Å². The number of fused-ring (bicyclic) bond motifs is 1. The van der Waals surface area contributed by atoms with Gasteiger partial charge in [-0.15, -0.1) is 12.4 Å². The molecule has 0 saturated heterocycles. The molecule has 2 aliphatic rings. The van der Waals surface area contributed by atoms with Gasteiger partial charge in [0, 0.05) is 19.1 Å². The highest BCUT2D eigenvalue weighted by atomic mass is 35.5. The molecular formula is C21H30ClN3O3. The number of imide groups is 1. The van der Waals surface area contributed by atoms with Crippen molar-refractivity contribution in [2.45, 2.75) is 64.5 Å². The van der Waals surface area contributed by atoms with Crippen LogP contribution in [0.4, 0.5) is 0 Å². The van der Waals surface area contributed by atoms with E-state index >= 15 is 0 Å². The molecule has 1 heterocycles. The summed E-state index contributed by atoms with van der Waals surface area (Å²) in [6.07, 6.45) is 7.54. The fourth-order valence-corrected chi connectivity index (χ4v) is 3.94. The molecule has 1 aliphatic heterocycles. The van der Waals surface area contributed by atoms with Crippen molar-refractivity contribution in [2.75, 3.05) is 13.1 Å². The smallest absolute Gasteiger partial charge is 0.262 e. The Kier molecular flexibility index (Phi) is 8.01. The number of aryl methyl sites for hydroxylation is 1. The molecule has 1 aromatic rings. The van der Waals surface area contributed by atoms with Crippen molar-refractivity contribution in [1.29, 1.82) is 0 Å². The molecule has 3 rings (SSSR count). The summed E-state index contributed by atoms with van der Waals surface area (Å²) >= 11 is 0. The SMILES string of the molecule is Cc1ccc2c(c1)C(=O)N(C(C)C(=O)NCCNC1CCCCCC1)C2=O.Cl. The Labute approximate surface area is 172 Å². The van der Waals surface area contributed by atoms with Crippen molar-refractivity contribution in [3.05, 3.63) is 34.9 Å². The predicted octanol–water partition coefficient (Wildman–Crippen LogP) is 2.83. The minimum absolute atomic E-state index is 0. The summed E-state index contributed by atoms with van der Waals surface area (Å²) in [5.41, 5.74) is 1.67. The van der Waals surface area contributed by atoms with Crippen LogP contribution < -0.4 is 10.6 Å². The minimum atomic E-state index is -0.824. The number of amides is 3. The average Bonchev–Trinajstić information content (AvgIpc) is 2.83. The number of nitrogens with one attached hydrogen (secondary N) is 2. The van der Waals surface area contributed by atoms with Crippen molar-refractivity contribution in [3.63, 3.8) is 0 Å². The van der Waals surface area contributed by atoms with E-state index in [1.54, 1.807) is 25.1 Å². The normalized spacial score (nSPS) is 18.3. The molecule has 7 heteroatoms. The van der Waals surface area contributed by atoms with E-state index in [1.807, 2.05) is 6.92 Å². The van der Waals surface area contributed by atoms with Crippen LogP contribution in [-0.4, -0.2) is 47.8 Å². The van der Waals surface area contributed by atoms with Crippen LogP contribution in [-0.2, 0) is 4.79 Å². The minimum Gasteiger partial charge on any atom is -0.353 e. The third kappa shape index (κ3) is 4.92. The Morgan fingerprint density at radius 2 is 1.71 bits per heavy atom. The first-order valence-corrected chi connectivity index (χ1v) is 9.98. The second-order valence-corrected chi connectivity index (χ2v) is 7.64. The average molecular weight is 408 g/mol. The van der Waals surface area contributed by atoms with E-state index in [-0.39, 0.29) is 18.3 Å². The Hall–Kier alpha value is -1.92. The third-order valence-electron chi connectivity index (χ3n) is 5.55. The Morgan fingerprint density at radius 3 is 2.39 bits per heavy atom. The molecule has 0 spiro atoms. The molecule has 6 nitrogen and oxygen atoms in total. The van der Waals surface area contributed by atoms with Crippen molar-refractivity contribution in [3.8, 4) is 0 Å². The number of nitrogens with zero attached hydrogens (tertiary/aromatic N) is 1. The van der Waals surface area contributed by atoms with Gasteiger partial charge in [0.2, 0.25) is 5.91 Å². The lowest BCUT2D eigenvalue weighted by atomic mass is 10.1. The maximum Gasteiger partial charge on any atom is 0.262 e. The molecule has 1 aromatic carbocycles. The number of carbonyl (C=O) groups excluding carboxylic acids is 3. The lowest BCUT2D eigenvalue weighted by Crippen LogP contribution is -2.49. The second kappa shape index (κ2) is 10.0. The fourth-order valence-electron chi connectivity index (χ4n) is 3.94. The van der Waals surface area contributed by atoms with Gasteiger partial charge in [0.25, 0.3) is 11.8 Å². The first-order chi connectivity index (χ1) is 13.0. The van der Waals surface area contributed by atoms with Crippen molar-refractivity contribution in [2.24, 2.45) is 0 Å². The number of halogens is 1. The van der Waals surface area contributed by atoms with Crippen LogP contribution in [0.15, 0.2) is 18.2 Å². The fraction of sp³-hybridized carbons (Fsp3) is 0.571. The third-order valence-corrected chi connectivity index (χ3v) is 5.55. The van der Waals surface area contributed by atoms with E-state index in [1.165, 1.54) is 38.5 Å². The molecule has 0 bridgehead atoms. The number of benzene rings is 1. The summed E-state index contributed by atoms with van der Waals surface area (Å²) in [6.45, 7) is 4.66. The Morgan fingerprint density at radius 1 is 1.07 bits per heavy atom. The van der Waals surface area contributed by atoms with E-state index < -0.39 is 17.9 Å². The van der Waals surface area contributed by atoms with Gasteiger partial charge in [-0.05, 0) is 38.8 Å². The Balaban J connectivity index is 0.00000280. The van der Waals surface area contributed by atoms with Gasteiger partial charge in [0.15, 0.2) is 0 Å². The van der Waals surface area contributed by atoms with Gasteiger partial charge in [-0.2, -0.15) is 0 Å². The van der Waals surface area contributed by atoms with Crippen LogP contribution >= 0.6 is 12.4 Å². The van der Waals surface area contributed by atoms with E-state index in [0.29, 0.717) is 30.3 Å². The van der Waals surface area contributed by atoms with E-state index in [4.69, 9.17) is 0 Å². The molecule has 0 radical (unpaired) electrons. The summed E-state index contributed by atoms with van der Waals surface area (Å²) in [5.74, 6) is -1.09. The molecule has 2 N–H and O–H groups in total. The summed E-state index contributed by atoms with van der Waals surface area (Å²) in [7, 11) is 0. The number of carbonyl (C=O) groups is 3. The summed E-state index contributed by atoms with van der Waals surface area (Å²) in [4.78, 5) is 38.7. The summed E-state index contributed by atoms with van der Waals surface area (Å²) in [6, 6.07) is 4.87. The van der Waals surface area contributed by atoms with E-state index in [9.17, 15) is 14.4 Å². The topological polar surface area (TPSA) is 78.5 Å². The van der Waals surface area contributed by atoms with Crippen LogP contribution in [0.25, 0.3) is 0 Å². The van der Waals surface area contributed by atoms with Crippen LogP contribution in [0.2, 0.25) is 0 Å². The Bertz CT molecular complexity index is 730. The van der Waals surface area contributed by atoms with Gasteiger partial charge in [-0.1, -0.05) is 37.3 Å². The second-order valence-electron chi connectivity index (χ2n) is 7.64. The van der Waals surface area contributed by atoms with Gasteiger partial charge < -0.3 is 10.6 Å². The maximum atomic E-state index is 12.6. The van der Waals surface area contributed by atoms with E-state index in [0.717, 1.165) is 10.5 Å². The lowest BCUT2D eigenvalue weighted by molar-refractivity contribution is -0.124. The van der Waals surface area contributed by atoms with Crippen molar-refractivity contribution < 1.29 is 14.4 Å². The monoisotopic (exact) mass is 407 g/mol. The van der Waals surface area contributed by atoms with Crippen LogP contribution in [0.1, 0.15) is 71.7 Å². The maximum absolute atomic E-state index is 12.6. The predicted molar refractivity (Wildman–Crippen MR) is 111 cm³/mol. The van der Waals surface area contributed by atoms with Crippen LogP contribution in [0.3, 0.4) is 0 Å². The summed E-state index contributed by atoms with van der Waals surface area (Å²) in [5, 5.41) is 6.35. The highest BCUT2D eigenvalue weighted by Crippen LogP contribution is 2.25. The molecule has 1 unspecified atom stereocenters. The molecule has 0 aromatic heterocycles. The highest BCUT2D eigenvalue weighted by Gasteiger charge is 2.40. The summed E-state index contributed by atoms with van der Waals surface area (Å²) < 4.78 is 0. The first-order valence-electron chi connectivity index (χ1n) is 9.98. The van der Waals surface area contributed by atoms with Gasteiger partial charge in [0.1, 0.15) is 6.04 Å². The zero-order chi connectivity index (χ0) is 19.4. The van der Waals surface area contributed by atoms with Gasteiger partial charge >= 0.3 is 0 Å². The van der Waals surface area contributed by atoms with Gasteiger partial charge in [0.05, 0.1) is 11.1 Å². The molecule has 1 saturated carbocycles. The van der Waals surface area contributed by atoms with E-state index in [2.05, 4.69) is 10.6 Å². The largest absolute Gasteiger partial charge is 0.353 e. The number of hydrogen-bond acceptors (Lipinski definition) is 4. The van der Waals surface area contributed by atoms with Gasteiger partial charge in [-0.25, -0.2) is 0 Å². The van der Waals surface area contributed by atoms with Crippen molar-refractivity contribution >= 4 is 30.1 Å². The lowest BCUT2D eigenvalue weighted by Gasteiger charge is -2.22. The molecule has 1 aliphatic carbocycles. The molecule has 1 fully saturated rings. The molecular weight excluding hydrogens is 378 g/mol. The van der Waals surface area contributed by atoms with Gasteiger partial charge in [-0.3, -0.25) is 19.3 Å². The van der Waals surface area contributed by atoms with Crippen LogP contribution in [0, 0.1) is 6.92 Å². The quantitative estimate of drug-likeness (QED) is 0.431. The molecule has 1 atom stereocenters. The van der Waals surface area contributed by atoms with Crippen LogP contribution in [0.5, 0.6) is 0 Å². The molecule has 28 heavy (non-hydrogen) atoms. The number of rotatable bonds is 6. The zero-order valence-corrected chi connectivity index (χ0v) is 17.4. The highest BCUT2D eigenvalue weighted by molar-refractivity contribution is 6.22. The standard InChI is InChI=1S/C21H29N3O3.ClH/c1-14-9-10-17-18(13-14)21(27)24(20(17)26)15(2)19(25)23-12-11-22-16-7-5-3-4-6-8-16;/h9-10,13,15-16,22H,3-8,11-12H2,1-2H3,(H,23,25);1H. The number of hydrogen-bond donors (Lipinski definition) is 2. The first kappa shape index (κ1) is 22.4. The molecule has 154 valence electrons. The zero-order valence-electron chi connectivity index (χ0n) is 16.6.